The van der Waals surface area contributed by atoms with E-state index in [0.717, 1.165) is 50.2 Å². The van der Waals surface area contributed by atoms with Gasteiger partial charge in [-0.15, -0.1) is 0 Å². The number of ether oxygens (including phenoxy) is 1. The van der Waals surface area contributed by atoms with Gasteiger partial charge in [0.05, 0.1) is 11.7 Å². The number of carbonyl (C=O) groups excluding carboxylic acids is 1. The largest absolute Gasteiger partial charge is 0.490 e. The van der Waals surface area contributed by atoms with E-state index in [9.17, 15) is 4.79 Å². The van der Waals surface area contributed by atoms with E-state index >= 15 is 0 Å². The van der Waals surface area contributed by atoms with Crippen LogP contribution in [0.1, 0.15) is 48.9 Å². The number of nitrogens with zero attached hydrogens (tertiary/aromatic N) is 1. The van der Waals surface area contributed by atoms with Crippen molar-refractivity contribution < 1.29 is 9.53 Å². The predicted molar refractivity (Wildman–Crippen MR) is 91.9 cm³/mol. The fraction of sp³-hybridized carbons (Fsp3) is 0.632. The lowest BCUT2D eigenvalue weighted by molar-refractivity contribution is 0.0776. The van der Waals surface area contributed by atoms with Crippen LogP contribution in [0.2, 0.25) is 0 Å². The molecule has 4 nitrogen and oxygen atoms in total. The Bertz CT molecular complexity index is 526. The second kappa shape index (κ2) is 7.82. The zero-order valence-corrected chi connectivity index (χ0v) is 14.1. The summed E-state index contributed by atoms with van der Waals surface area (Å²) in [6.07, 6.45) is 7.34. The van der Waals surface area contributed by atoms with Gasteiger partial charge in [0.25, 0.3) is 5.91 Å². The SMILES string of the molecule is CNC[C@H]1CCN(C(=O)c2ccccc2OC2CCCCC2)C1. The van der Waals surface area contributed by atoms with Crippen LogP contribution in [-0.2, 0) is 0 Å². The molecule has 1 aliphatic carbocycles. The molecule has 0 aromatic heterocycles. The number of para-hydroxylation sites is 1. The minimum atomic E-state index is 0.120. The second-order valence-electron chi connectivity index (χ2n) is 6.84. The molecule has 1 aliphatic heterocycles. The molecule has 1 saturated carbocycles. The molecule has 23 heavy (non-hydrogen) atoms. The van der Waals surface area contributed by atoms with Crippen molar-refractivity contribution in [1.82, 2.24) is 10.2 Å². The summed E-state index contributed by atoms with van der Waals surface area (Å²) in [5.74, 6) is 1.45. The topological polar surface area (TPSA) is 41.6 Å². The van der Waals surface area contributed by atoms with Gasteiger partial charge in [0.2, 0.25) is 0 Å². The second-order valence-corrected chi connectivity index (χ2v) is 6.84. The first-order valence-corrected chi connectivity index (χ1v) is 8.97. The summed E-state index contributed by atoms with van der Waals surface area (Å²) in [7, 11) is 1.97. The van der Waals surface area contributed by atoms with Gasteiger partial charge >= 0.3 is 0 Å². The summed E-state index contributed by atoms with van der Waals surface area (Å²) in [5.41, 5.74) is 0.725. The summed E-state index contributed by atoms with van der Waals surface area (Å²) < 4.78 is 6.18. The van der Waals surface area contributed by atoms with Crippen molar-refractivity contribution in [3.05, 3.63) is 29.8 Å². The Labute approximate surface area is 139 Å². The molecule has 1 aromatic rings. The minimum Gasteiger partial charge on any atom is -0.490 e. The van der Waals surface area contributed by atoms with Crippen LogP contribution in [0.5, 0.6) is 5.75 Å². The highest BCUT2D eigenvalue weighted by Gasteiger charge is 2.28. The lowest BCUT2D eigenvalue weighted by atomic mass is 9.97. The summed E-state index contributed by atoms with van der Waals surface area (Å²) >= 11 is 0. The van der Waals surface area contributed by atoms with E-state index in [2.05, 4.69) is 5.32 Å². The number of nitrogens with one attached hydrogen (secondary N) is 1. The maximum Gasteiger partial charge on any atom is 0.257 e. The minimum absolute atomic E-state index is 0.120. The van der Waals surface area contributed by atoms with Gasteiger partial charge in [-0.1, -0.05) is 18.6 Å². The third kappa shape index (κ3) is 4.05. The van der Waals surface area contributed by atoms with Gasteiger partial charge in [0, 0.05) is 13.1 Å². The number of amides is 1. The van der Waals surface area contributed by atoms with Crippen LogP contribution in [0, 0.1) is 5.92 Å². The van der Waals surface area contributed by atoms with Gasteiger partial charge in [-0.3, -0.25) is 4.79 Å². The third-order valence-corrected chi connectivity index (χ3v) is 5.03. The van der Waals surface area contributed by atoms with Crippen LogP contribution in [-0.4, -0.2) is 43.6 Å². The fourth-order valence-electron chi connectivity index (χ4n) is 3.75. The number of carbonyl (C=O) groups is 1. The fourth-order valence-corrected chi connectivity index (χ4v) is 3.75. The monoisotopic (exact) mass is 316 g/mol. The molecular formula is C19H28N2O2. The molecular weight excluding hydrogens is 288 g/mol. The quantitative estimate of drug-likeness (QED) is 0.907. The smallest absolute Gasteiger partial charge is 0.257 e. The van der Waals surface area contributed by atoms with E-state index < -0.39 is 0 Å². The first-order valence-electron chi connectivity index (χ1n) is 8.97. The molecule has 0 radical (unpaired) electrons. The molecule has 0 spiro atoms. The van der Waals surface area contributed by atoms with E-state index in [1.807, 2.05) is 36.2 Å². The zero-order valence-electron chi connectivity index (χ0n) is 14.1. The molecule has 0 unspecified atom stereocenters. The zero-order chi connectivity index (χ0) is 16.1. The van der Waals surface area contributed by atoms with E-state index in [1.165, 1.54) is 19.3 Å². The lowest BCUT2D eigenvalue weighted by Crippen LogP contribution is -2.31. The van der Waals surface area contributed by atoms with Crippen molar-refractivity contribution in [1.29, 1.82) is 0 Å². The molecule has 1 saturated heterocycles. The number of hydrogen-bond donors (Lipinski definition) is 1. The van der Waals surface area contributed by atoms with Crippen molar-refractivity contribution in [2.45, 2.75) is 44.6 Å². The van der Waals surface area contributed by atoms with Crippen molar-refractivity contribution in [2.75, 3.05) is 26.7 Å². The van der Waals surface area contributed by atoms with Crippen LogP contribution in [0.25, 0.3) is 0 Å². The molecule has 126 valence electrons. The molecule has 1 atom stereocenters. The highest BCUT2D eigenvalue weighted by atomic mass is 16.5. The number of benzene rings is 1. The molecule has 1 amide bonds. The van der Waals surface area contributed by atoms with E-state index in [1.54, 1.807) is 0 Å². The van der Waals surface area contributed by atoms with Gasteiger partial charge in [-0.05, 0) is 63.7 Å². The summed E-state index contributed by atoms with van der Waals surface area (Å²) in [5, 5.41) is 3.21. The third-order valence-electron chi connectivity index (χ3n) is 5.03. The van der Waals surface area contributed by atoms with Gasteiger partial charge in [-0.25, -0.2) is 0 Å². The van der Waals surface area contributed by atoms with Gasteiger partial charge in [0.15, 0.2) is 0 Å². The molecule has 2 fully saturated rings. The van der Waals surface area contributed by atoms with Crippen molar-refractivity contribution in [2.24, 2.45) is 5.92 Å². The molecule has 2 aliphatic rings. The summed E-state index contributed by atoms with van der Waals surface area (Å²) in [4.78, 5) is 14.9. The first-order chi connectivity index (χ1) is 11.3. The normalized spacial score (nSPS) is 22.3. The van der Waals surface area contributed by atoms with Gasteiger partial charge in [0.1, 0.15) is 5.75 Å². The van der Waals surface area contributed by atoms with E-state index in [4.69, 9.17) is 4.74 Å². The van der Waals surface area contributed by atoms with Crippen molar-refractivity contribution in [3.8, 4) is 5.75 Å². The Morgan fingerprint density at radius 2 is 2.00 bits per heavy atom. The molecule has 1 aromatic carbocycles. The number of hydrogen-bond acceptors (Lipinski definition) is 3. The lowest BCUT2D eigenvalue weighted by Gasteiger charge is -2.25. The van der Waals surface area contributed by atoms with Crippen LogP contribution < -0.4 is 10.1 Å². The highest BCUT2D eigenvalue weighted by molar-refractivity contribution is 5.97. The van der Waals surface area contributed by atoms with Gasteiger partial charge in [-0.2, -0.15) is 0 Å². The first kappa shape index (κ1) is 16.3. The van der Waals surface area contributed by atoms with Crippen LogP contribution in [0.15, 0.2) is 24.3 Å². The van der Waals surface area contributed by atoms with Crippen LogP contribution >= 0.6 is 0 Å². The molecule has 1 N–H and O–H groups in total. The molecule has 4 heteroatoms. The standard InChI is InChI=1S/C19H28N2O2/c1-20-13-15-11-12-21(14-15)19(22)17-9-5-6-10-18(17)23-16-7-3-2-4-8-16/h5-6,9-10,15-16,20H,2-4,7-8,11-14H2,1H3/t15-/m1/s1. The average molecular weight is 316 g/mol. The summed E-state index contributed by atoms with van der Waals surface area (Å²) in [6.45, 7) is 2.67. The Morgan fingerprint density at radius 1 is 1.22 bits per heavy atom. The highest BCUT2D eigenvalue weighted by Crippen LogP contribution is 2.28. The van der Waals surface area contributed by atoms with E-state index in [0.29, 0.717) is 5.92 Å². The van der Waals surface area contributed by atoms with Crippen molar-refractivity contribution in [3.63, 3.8) is 0 Å². The molecule has 3 rings (SSSR count). The summed E-state index contributed by atoms with van der Waals surface area (Å²) in [6, 6.07) is 7.75. The van der Waals surface area contributed by atoms with Crippen LogP contribution in [0.3, 0.4) is 0 Å². The Morgan fingerprint density at radius 3 is 2.78 bits per heavy atom. The number of likely N-dealkylation sites (tertiary alicyclic amines) is 1. The van der Waals surface area contributed by atoms with Crippen molar-refractivity contribution >= 4 is 5.91 Å². The maximum absolute atomic E-state index is 12.9. The average Bonchev–Trinajstić information content (AvgIpc) is 3.05. The number of rotatable bonds is 5. The van der Waals surface area contributed by atoms with Gasteiger partial charge < -0.3 is 15.0 Å². The maximum atomic E-state index is 12.9. The van der Waals surface area contributed by atoms with E-state index in [-0.39, 0.29) is 12.0 Å². The Hall–Kier alpha value is -1.55. The molecule has 1 heterocycles. The Balaban J connectivity index is 1.68. The predicted octanol–water partition coefficient (Wildman–Crippen LogP) is 3.08. The molecule has 0 bridgehead atoms. The van der Waals surface area contributed by atoms with Crippen LogP contribution in [0.4, 0.5) is 0 Å². The Kier molecular flexibility index (Phi) is 5.55.